The van der Waals surface area contributed by atoms with Crippen molar-refractivity contribution < 1.29 is 22.7 Å². The third-order valence-electron chi connectivity index (χ3n) is 4.32. The largest absolute Gasteiger partial charge is 0.460 e. The SMILES string of the molecule is Cc1ccc(CCC(=O)NCCOC(=O)c2ccc(Cl)c(S(=O)(=O)NC(C)(C)C)c2)cc1. The number of benzene rings is 2. The minimum absolute atomic E-state index is 0.000796. The molecular weight excluding hydrogens is 452 g/mol. The zero-order valence-corrected chi connectivity index (χ0v) is 20.3. The van der Waals surface area contributed by atoms with E-state index in [2.05, 4.69) is 10.0 Å². The molecule has 0 aliphatic carbocycles. The minimum atomic E-state index is -3.92. The lowest BCUT2D eigenvalue weighted by Crippen LogP contribution is -2.40. The van der Waals surface area contributed by atoms with Crippen LogP contribution in [0.15, 0.2) is 47.4 Å². The van der Waals surface area contributed by atoms with Gasteiger partial charge in [-0.2, -0.15) is 0 Å². The van der Waals surface area contributed by atoms with Gasteiger partial charge >= 0.3 is 5.97 Å². The second-order valence-electron chi connectivity index (χ2n) is 8.47. The average Bonchev–Trinajstić information content (AvgIpc) is 2.69. The molecule has 0 atom stereocenters. The van der Waals surface area contributed by atoms with E-state index in [4.69, 9.17) is 16.3 Å². The smallest absolute Gasteiger partial charge is 0.338 e. The first-order chi connectivity index (χ1) is 14.9. The molecule has 1 amide bonds. The van der Waals surface area contributed by atoms with Crippen molar-refractivity contribution in [2.45, 2.75) is 51.0 Å². The maximum Gasteiger partial charge on any atom is 0.338 e. The molecule has 0 aliphatic rings. The van der Waals surface area contributed by atoms with Gasteiger partial charge in [-0.05, 0) is 57.9 Å². The summed E-state index contributed by atoms with van der Waals surface area (Å²) in [7, 11) is -3.92. The highest BCUT2D eigenvalue weighted by Crippen LogP contribution is 2.24. The summed E-state index contributed by atoms with van der Waals surface area (Å²) in [5.74, 6) is -0.850. The van der Waals surface area contributed by atoms with Crippen LogP contribution in [-0.2, 0) is 26.0 Å². The number of rotatable bonds is 9. The van der Waals surface area contributed by atoms with E-state index in [0.29, 0.717) is 12.8 Å². The van der Waals surface area contributed by atoms with Gasteiger partial charge < -0.3 is 10.1 Å². The number of esters is 1. The number of carbonyl (C=O) groups is 2. The molecule has 0 spiro atoms. The Balaban J connectivity index is 1.85. The van der Waals surface area contributed by atoms with Crippen LogP contribution < -0.4 is 10.0 Å². The standard InChI is InChI=1S/C23H29ClN2O5S/c1-16-5-7-17(8-6-16)9-12-21(27)25-13-14-31-22(28)18-10-11-19(24)20(15-18)32(29,30)26-23(2,3)4/h5-8,10-11,15,26H,9,12-14H2,1-4H3,(H,25,27). The normalized spacial score (nSPS) is 11.8. The summed E-state index contributed by atoms with van der Waals surface area (Å²) in [6, 6.07) is 11.9. The van der Waals surface area contributed by atoms with E-state index in [1.165, 1.54) is 18.2 Å². The van der Waals surface area contributed by atoms with Crippen molar-refractivity contribution in [3.8, 4) is 0 Å². The molecule has 174 valence electrons. The lowest BCUT2D eigenvalue weighted by atomic mass is 10.1. The molecule has 0 saturated heterocycles. The van der Waals surface area contributed by atoms with Gasteiger partial charge in [0.1, 0.15) is 11.5 Å². The van der Waals surface area contributed by atoms with Gasteiger partial charge in [0.2, 0.25) is 15.9 Å². The molecule has 0 aromatic heterocycles. The van der Waals surface area contributed by atoms with Crippen LogP contribution in [0, 0.1) is 6.92 Å². The van der Waals surface area contributed by atoms with Crippen LogP contribution in [0.2, 0.25) is 5.02 Å². The molecule has 0 saturated carbocycles. The fourth-order valence-electron chi connectivity index (χ4n) is 2.81. The molecule has 0 unspecified atom stereocenters. The Kier molecular flexibility index (Phi) is 8.83. The quantitative estimate of drug-likeness (QED) is 0.421. The van der Waals surface area contributed by atoms with Crippen LogP contribution in [0.3, 0.4) is 0 Å². The molecular formula is C23H29ClN2O5S. The predicted molar refractivity (Wildman–Crippen MR) is 124 cm³/mol. The van der Waals surface area contributed by atoms with Gasteiger partial charge in [0.15, 0.2) is 0 Å². The molecule has 0 fully saturated rings. The summed E-state index contributed by atoms with van der Waals surface area (Å²) >= 11 is 6.04. The van der Waals surface area contributed by atoms with E-state index >= 15 is 0 Å². The Morgan fingerprint density at radius 1 is 1.06 bits per heavy atom. The summed E-state index contributed by atoms with van der Waals surface area (Å²) in [5, 5.41) is 2.70. The molecule has 2 N–H and O–H groups in total. The van der Waals surface area contributed by atoms with E-state index in [9.17, 15) is 18.0 Å². The first-order valence-electron chi connectivity index (χ1n) is 10.2. The van der Waals surface area contributed by atoms with Gasteiger partial charge in [0, 0.05) is 12.0 Å². The van der Waals surface area contributed by atoms with Crippen molar-refractivity contribution in [1.29, 1.82) is 0 Å². The number of hydrogen-bond donors (Lipinski definition) is 2. The highest BCUT2D eigenvalue weighted by atomic mass is 35.5. The molecule has 0 aliphatic heterocycles. The molecule has 2 aromatic carbocycles. The molecule has 7 nitrogen and oxygen atoms in total. The van der Waals surface area contributed by atoms with Crippen molar-refractivity contribution in [2.24, 2.45) is 0 Å². The van der Waals surface area contributed by atoms with E-state index < -0.39 is 21.5 Å². The van der Waals surface area contributed by atoms with Crippen LogP contribution >= 0.6 is 11.6 Å². The fourth-order valence-corrected chi connectivity index (χ4v) is 4.76. The fraction of sp³-hybridized carbons (Fsp3) is 0.391. The number of ether oxygens (including phenoxy) is 1. The van der Waals surface area contributed by atoms with Crippen LogP contribution in [0.25, 0.3) is 0 Å². The van der Waals surface area contributed by atoms with Crippen molar-refractivity contribution in [3.05, 3.63) is 64.2 Å². The van der Waals surface area contributed by atoms with Crippen LogP contribution in [0.4, 0.5) is 0 Å². The molecule has 0 bridgehead atoms. The lowest BCUT2D eigenvalue weighted by molar-refractivity contribution is -0.121. The van der Waals surface area contributed by atoms with E-state index in [1.54, 1.807) is 20.8 Å². The van der Waals surface area contributed by atoms with Crippen molar-refractivity contribution in [3.63, 3.8) is 0 Å². The third kappa shape index (κ3) is 8.26. The first-order valence-corrected chi connectivity index (χ1v) is 12.1. The van der Waals surface area contributed by atoms with Gasteiger partial charge in [-0.3, -0.25) is 4.79 Å². The van der Waals surface area contributed by atoms with E-state index in [-0.39, 0.29) is 34.5 Å². The number of hydrogen-bond acceptors (Lipinski definition) is 5. The number of carbonyl (C=O) groups excluding carboxylic acids is 2. The van der Waals surface area contributed by atoms with Crippen LogP contribution in [0.5, 0.6) is 0 Å². The Morgan fingerprint density at radius 3 is 2.34 bits per heavy atom. The molecule has 2 aromatic rings. The van der Waals surface area contributed by atoms with Crippen molar-refractivity contribution >= 4 is 33.5 Å². The van der Waals surface area contributed by atoms with Crippen molar-refractivity contribution in [2.75, 3.05) is 13.2 Å². The van der Waals surface area contributed by atoms with E-state index in [1.807, 2.05) is 31.2 Å². The molecule has 2 rings (SSSR count). The highest BCUT2D eigenvalue weighted by molar-refractivity contribution is 7.89. The molecule has 0 heterocycles. The van der Waals surface area contributed by atoms with Crippen molar-refractivity contribution in [1.82, 2.24) is 10.0 Å². The Morgan fingerprint density at radius 2 is 1.72 bits per heavy atom. The second kappa shape index (κ2) is 10.9. The molecule has 32 heavy (non-hydrogen) atoms. The van der Waals surface area contributed by atoms with Crippen LogP contribution in [-0.4, -0.2) is 39.0 Å². The number of halogens is 1. The highest BCUT2D eigenvalue weighted by Gasteiger charge is 2.25. The summed E-state index contributed by atoms with van der Waals surface area (Å²) in [5.41, 5.74) is 1.58. The molecule has 9 heteroatoms. The average molecular weight is 481 g/mol. The summed E-state index contributed by atoms with van der Waals surface area (Å²) in [6.07, 6.45) is 0.951. The lowest BCUT2D eigenvalue weighted by Gasteiger charge is -2.21. The Bertz CT molecular complexity index is 1060. The molecule has 0 radical (unpaired) electrons. The summed E-state index contributed by atoms with van der Waals surface area (Å²) < 4.78 is 32.8. The number of nitrogens with one attached hydrogen (secondary N) is 2. The Hall–Kier alpha value is -2.42. The van der Waals surface area contributed by atoms with Gasteiger partial charge in [-0.1, -0.05) is 41.4 Å². The van der Waals surface area contributed by atoms with Crippen LogP contribution in [0.1, 0.15) is 48.7 Å². The number of amides is 1. The maximum atomic E-state index is 12.6. The van der Waals surface area contributed by atoms with Gasteiger partial charge in [0.05, 0.1) is 17.1 Å². The maximum absolute atomic E-state index is 12.6. The zero-order chi connectivity index (χ0) is 23.9. The van der Waals surface area contributed by atoms with Gasteiger partial charge in [0.25, 0.3) is 0 Å². The first kappa shape index (κ1) is 25.8. The topological polar surface area (TPSA) is 102 Å². The summed E-state index contributed by atoms with van der Waals surface area (Å²) in [4.78, 5) is 24.1. The summed E-state index contributed by atoms with van der Waals surface area (Å²) in [6.45, 7) is 7.22. The minimum Gasteiger partial charge on any atom is -0.460 e. The third-order valence-corrected chi connectivity index (χ3v) is 6.56. The van der Waals surface area contributed by atoms with E-state index in [0.717, 1.165) is 11.1 Å². The number of sulfonamides is 1. The monoisotopic (exact) mass is 480 g/mol. The second-order valence-corrected chi connectivity index (χ2v) is 10.5. The Labute approximate surface area is 194 Å². The zero-order valence-electron chi connectivity index (χ0n) is 18.7. The number of aryl methyl sites for hydroxylation is 2. The van der Waals surface area contributed by atoms with Gasteiger partial charge in [-0.25, -0.2) is 17.9 Å². The van der Waals surface area contributed by atoms with Gasteiger partial charge in [-0.15, -0.1) is 0 Å². The predicted octanol–water partition coefficient (Wildman–Crippen LogP) is 3.63.